The van der Waals surface area contributed by atoms with Gasteiger partial charge in [-0.25, -0.2) is 0 Å². The van der Waals surface area contributed by atoms with Crippen molar-refractivity contribution in [3.8, 4) is 11.5 Å². The van der Waals surface area contributed by atoms with E-state index in [0.717, 1.165) is 38.2 Å². The van der Waals surface area contributed by atoms with Gasteiger partial charge in [-0.05, 0) is 74.5 Å². The van der Waals surface area contributed by atoms with Gasteiger partial charge in [0.2, 0.25) is 0 Å². The number of nitrogens with zero attached hydrogens (tertiary/aromatic N) is 1. The molecule has 0 amide bonds. The highest BCUT2D eigenvalue weighted by molar-refractivity contribution is 6.30. The second-order valence-corrected chi connectivity index (χ2v) is 9.48. The van der Waals surface area contributed by atoms with Gasteiger partial charge in [-0.15, -0.1) is 0 Å². The molecule has 4 rings (SSSR count). The average molecular weight is 481 g/mol. The van der Waals surface area contributed by atoms with Crippen molar-refractivity contribution in [3.63, 3.8) is 0 Å². The summed E-state index contributed by atoms with van der Waals surface area (Å²) in [5.41, 5.74) is -0.319. The van der Waals surface area contributed by atoms with Crippen molar-refractivity contribution in [1.29, 1.82) is 0 Å². The van der Waals surface area contributed by atoms with Crippen LogP contribution in [0.4, 0.5) is 0 Å². The van der Waals surface area contributed by atoms with Gasteiger partial charge in [0, 0.05) is 29.2 Å². The highest BCUT2D eigenvalue weighted by Gasteiger charge is 2.41. The third-order valence-electron chi connectivity index (χ3n) is 5.90. The summed E-state index contributed by atoms with van der Waals surface area (Å²) in [6.45, 7) is 4.68. The van der Waals surface area contributed by atoms with E-state index < -0.39 is 6.10 Å². The first-order valence-corrected chi connectivity index (χ1v) is 11.8. The van der Waals surface area contributed by atoms with Crippen molar-refractivity contribution >= 4 is 23.2 Å². The Morgan fingerprint density at radius 1 is 1.00 bits per heavy atom. The number of β-amino-alcohol motifs (C(OH)–C–C–N with tert-alkyl or cyclic N) is 1. The van der Waals surface area contributed by atoms with E-state index in [1.807, 2.05) is 36.4 Å². The van der Waals surface area contributed by atoms with Crippen LogP contribution in [-0.2, 0) is 4.74 Å². The maximum atomic E-state index is 10.3. The van der Waals surface area contributed by atoms with E-state index in [2.05, 4.69) is 10.2 Å². The van der Waals surface area contributed by atoms with Gasteiger partial charge < -0.3 is 29.5 Å². The number of aliphatic hydroxyl groups is 1. The van der Waals surface area contributed by atoms with Gasteiger partial charge in [0.25, 0.3) is 0 Å². The van der Waals surface area contributed by atoms with Crippen LogP contribution in [-0.4, -0.2) is 73.8 Å². The average Bonchev–Trinajstić information content (AvgIpc) is 2.77. The third-order valence-corrected chi connectivity index (χ3v) is 6.41. The summed E-state index contributed by atoms with van der Waals surface area (Å²) in [6, 6.07) is 15.1. The molecule has 174 valence electrons. The molecule has 0 spiro atoms. The molecule has 2 fully saturated rings. The molecule has 2 aliphatic heterocycles. The Labute approximate surface area is 199 Å². The van der Waals surface area contributed by atoms with Crippen LogP contribution >= 0.6 is 23.2 Å². The van der Waals surface area contributed by atoms with E-state index in [0.29, 0.717) is 41.6 Å². The topological polar surface area (TPSA) is 63.2 Å². The lowest BCUT2D eigenvalue weighted by Crippen LogP contribution is -2.62. The third kappa shape index (κ3) is 6.73. The van der Waals surface area contributed by atoms with Gasteiger partial charge in [-0.1, -0.05) is 23.2 Å². The minimum absolute atomic E-state index is 0.268. The molecule has 2 saturated heterocycles. The first kappa shape index (κ1) is 23.6. The van der Waals surface area contributed by atoms with Crippen molar-refractivity contribution in [1.82, 2.24) is 10.2 Å². The Hall–Kier alpha value is -1.54. The first-order valence-electron chi connectivity index (χ1n) is 11.0. The number of hydrogen-bond acceptors (Lipinski definition) is 6. The van der Waals surface area contributed by atoms with Crippen LogP contribution in [0.2, 0.25) is 10.0 Å². The zero-order valence-electron chi connectivity index (χ0n) is 18.0. The number of aliphatic hydroxyl groups excluding tert-OH is 1. The number of hydrogen-bond donors (Lipinski definition) is 2. The van der Waals surface area contributed by atoms with Gasteiger partial charge in [0.05, 0.1) is 13.2 Å². The van der Waals surface area contributed by atoms with Gasteiger partial charge in [0.15, 0.2) is 5.60 Å². The molecule has 0 aliphatic carbocycles. The smallest absolute Gasteiger partial charge is 0.167 e. The SMILES string of the molecule is OC(COc1ccc(Cl)cc1)CN1CCC(NCC2(Oc3ccc(Cl)cc3)COC2)CC1. The second kappa shape index (κ2) is 11.1. The van der Waals surface area contributed by atoms with Crippen LogP contribution in [0.15, 0.2) is 48.5 Å². The molecule has 1 unspecified atom stereocenters. The standard InChI is InChI=1S/C24H30Cl2N2O4/c25-18-1-5-22(6-2-18)31-14-21(29)13-28-11-9-20(10-12-28)27-15-24(16-30-17-24)32-23-7-3-19(26)4-8-23/h1-8,20-21,27,29H,9-17H2. The molecule has 0 saturated carbocycles. The Bertz CT molecular complexity index is 838. The number of piperidine rings is 1. The van der Waals surface area contributed by atoms with E-state index in [-0.39, 0.29) is 12.2 Å². The minimum atomic E-state index is -0.529. The summed E-state index contributed by atoms with van der Waals surface area (Å²) >= 11 is 11.8. The second-order valence-electron chi connectivity index (χ2n) is 8.61. The number of ether oxygens (including phenoxy) is 3. The molecule has 2 aromatic rings. The quantitative estimate of drug-likeness (QED) is 0.541. The molecular weight excluding hydrogens is 451 g/mol. The molecular formula is C24H30Cl2N2O4. The highest BCUT2D eigenvalue weighted by Crippen LogP contribution is 2.27. The van der Waals surface area contributed by atoms with Crippen molar-refractivity contribution < 1.29 is 19.3 Å². The fourth-order valence-corrected chi connectivity index (χ4v) is 4.26. The maximum Gasteiger partial charge on any atom is 0.167 e. The molecule has 8 heteroatoms. The van der Waals surface area contributed by atoms with Crippen LogP contribution in [0.1, 0.15) is 12.8 Å². The summed E-state index contributed by atoms with van der Waals surface area (Å²) in [5, 5.41) is 15.4. The molecule has 0 radical (unpaired) electrons. The zero-order chi connectivity index (χ0) is 22.4. The molecule has 32 heavy (non-hydrogen) atoms. The summed E-state index contributed by atoms with van der Waals surface area (Å²) in [6.07, 6.45) is 1.53. The molecule has 2 aromatic carbocycles. The van der Waals surface area contributed by atoms with Crippen LogP contribution in [0.3, 0.4) is 0 Å². The van der Waals surface area contributed by atoms with Gasteiger partial charge in [-0.2, -0.15) is 0 Å². The number of rotatable bonds is 10. The predicted octanol–water partition coefficient (Wildman–Crippen LogP) is 3.64. The molecule has 2 aliphatic rings. The molecule has 2 N–H and O–H groups in total. The fourth-order valence-electron chi connectivity index (χ4n) is 4.00. The Balaban J connectivity index is 1.15. The lowest BCUT2D eigenvalue weighted by molar-refractivity contribution is -0.159. The Morgan fingerprint density at radius 2 is 1.59 bits per heavy atom. The van der Waals surface area contributed by atoms with Crippen molar-refractivity contribution in [2.75, 3.05) is 46.0 Å². The molecule has 1 atom stereocenters. The van der Waals surface area contributed by atoms with Gasteiger partial charge in [0.1, 0.15) is 24.2 Å². The molecule has 2 heterocycles. The summed E-state index contributed by atoms with van der Waals surface area (Å²) < 4.78 is 17.3. The van der Waals surface area contributed by atoms with E-state index in [1.165, 1.54) is 0 Å². The lowest BCUT2D eigenvalue weighted by atomic mass is 9.99. The van der Waals surface area contributed by atoms with Crippen LogP contribution in [0.25, 0.3) is 0 Å². The van der Waals surface area contributed by atoms with Crippen LogP contribution in [0.5, 0.6) is 11.5 Å². The van der Waals surface area contributed by atoms with E-state index in [9.17, 15) is 5.11 Å². The maximum absolute atomic E-state index is 10.3. The van der Waals surface area contributed by atoms with Crippen LogP contribution < -0.4 is 14.8 Å². The predicted molar refractivity (Wildman–Crippen MR) is 126 cm³/mol. The van der Waals surface area contributed by atoms with Crippen molar-refractivity contribution in [3.05, 3.63) is 58.6 Å². The molecule has 0 bridgehead atoms. The monoisotopic (exact) mass is 480 g/mol. The minimum Gasteiger partial charge on any atom is -0.491 e. The highest BCUT2D eigenvalue weighted by atomic mass is 35.5. The van der Waals surface area contributed by atoms with Gasteiger partial charge in [-0.3, -0.25) is 0 Å². The Kier molecular flexibility index (Phi) is 8.16. The number of benzene rings is 2. The summed E-state index contributed by atoms with van der Waals surface area (Å²) in [7, 11) is 0. The summed E-state index contributed by atoms with van der Waals surface area (Å²) in [4.78, 5) is 2.29. The first-order chi connectivity index (χ1) is 15.5. The van der Waals surface area contributed by atoms with E-state index >= 15 is 0 Å². The van der Waals surface area contributed by atoms with Gasteiger partial charge >= 0.3 is 0 Å². The van der Waals surface area contributed by atoms with Crippen LogP contribution in [0, 0.1) is 0 Å². The molecule has 0 aromatic heterocycles. The lowest BCUT2D eigenvalue weighted by Gasteiger charge is -2.43. The number of nitrogens with one attached hydrogen (secondary N) is 1. The van der Waals surface area contributed by atoms with E-state index in [4.69, 9.17) is 37.4 Å². The van der Waals surface area contributed by atoms with E-state index in [1.54, 1.807) is 12.1 Å². The number of halogens is 2. The Morgan fingerprint density at radius 3 is 2.16 bits per heavy atom. The number of likely N-dealkylation sites (tertiary alicyclic amines) is 1. The van der Waals surface area contributed by atoms with Crippen molar-refractivity contribution in [2.45, 2.75) is 30.6 Å². The molecule has 6 nitrogen and oxygen atoms in total. The zero-order valence-corrected chi connectivity index (χ0v) is 19.5. The van der Waals surface area contributed by atoms with Crippen molar-refractivity contribution in [2.24, 2.45) is 0 Å². The summed E-state index contributed by atoms with van der Waals surface area (Å²) in [5.74, 6) is 1.52. The fraction of sp³-hybridized carbons (Fsp3) is 0.500. The largest absolute Gasteiger partial charge is 0.491 e. The normalized spacial score (nSPS) is 19.8.